The number of carbonyl (C=O) groups excluding carboxylic acids is 3. The molecule has 0 saturated carbocycles. The van der Waals surface area contributed by atoms with Gasteiger partial charge in [0, 0.05) is 23.7 Å². The SMILES string of the molecule is CCNc1ccc(Cl)cc1C(=O)NC1CCC(=O)NC1=O. The maximum absolute atomic E-state index is 12.3. The molecule has 1 heterocycles. The molecule has 1 saturated heterocycles. The van der Waals surface area contributed by atoms with Crippen LogP contribution < -0.4 is 16.0 Å². The lowest BCUT2D eigenvalue weighted by molar-refractivity contribution is -0.134. The molecule has 0 aliphatic carbocycles. The Labute approximate surface area is 127 Å². The van der Waals surface area contributed by atoms with Gasteiger partial charge in [0.25, 0.3) is 5.91 Å². The Balaban J connectivity index is 2.14. The summed E-state index contributed by atoms with van der Waals surface area (Å²) in [5.74, 6) is -1.20. The smallest absolute Gasteiger partial charge is 0.254 e. The molecule has 3 N–H and O–H groups in total. The van der Waals surface area contributed by atoms with Crippen LogP contribution in [0.3, 0.4) is 0 Å². The number of imide groups is 1. The van der Waals surface area contributed by atoms with E-state index in [1.807, 2.05) is 6.92 Å². The van der Waals surface area contributed by atoms with Crippen molar-refractivity contribution in [3.8, 4) is 0 Å². The van der Waals surface area contributed by atoms with E-state index in [2.05, 4.69) is 16.0 Å². The third-order valence-electron chi connectivity index (χ3n) is 3.14. The first-order valence-electron chi connectivity index (χ1n) is 6.69. The summed E-state index contributed by atoms with van der Waals surface area (Å²) >= 11 is 5.92. The largest absolute Gasteiger partial charge is 0.385 e. The van der Waals surface area contributed by atoms with Crippen molar-refractivity contribution in [2.24, 2.45) is 0 Å². The highest BCUT2D eigenvalue weighted by atomic mass is 35.5. The molecule has 3 amide bonds. The average Bonchev–Trinajstić information content (AvgIpc) is 2.44. The molecule has 6 nitrogen and oxygen atoms in total. The van der Waals surface area contributed by atoms with Crippen molar-refractivity contribution >= 4 is 35.0 Å². The van der Waals surface area contributed by atoms with Crippen molar-refractivity contribution in [1.29, 1.82) is 0 Å². The summed E-state index contributed by atoms with van der Waals surface area (Å²) in [4.78, 5) is 35.1. The zero-order chi connectivity index (χ0) is 15.4. The van der Waals surface area contributed by atoms with Crippen LogP contribution in [0.2, 0.25) is 5.02 Å². The van der Waals surface area contributed by atoms with Gasteiger partial charge < -0.3 is 10.6 Å². The third-order valence-corrected chi connectivity index (χ3v) is 3.37. The van der Waals surface area contributed by atoms with Gasteiger partial charge in [0.05, 0.1) is 5.56 Å². The predicted molar refractivity (Wildman–Crippen MR) is 79.3 cm³/mol. The minimum absolute atomic E-state index is 0.215. The highest BCUT2D eigenvalue weighted by Gasteiger charge is 2.28. The third kappa shape index (κ3) is 3.72. The summed E-state index contributed by atoms with van der Waals surface area (Å²) in [5.41, 5.74) is 1.01. The van der Waals surface area contributed by atoms with Gasteiger partial charge in [-0.2, -0.15) is 0 Å². The highest BCUT2D eigenvalue weighted by molar-refractivity contribution is 6.31. The minimum Gasteiger partial charge on any atom is -0.385 e. The first kappa shape index (κ1) is 15.3. The fraction of sp³-hybridized carbons (Fsp3) is 0.357. The Kier molecular flexibility index (Phi) is 4.80. The van der Waals surface area contributed by atoms with Crippen molar-refractivity contribution in [2.45, 2.75) is 25.8 Å². The number of amides is 3. The van der Waals surface area contributed by atoms with Gasteiger partial charge in [0.1, 0.15) is 6.04 Å². The molecule has 1 aliphatic rings. The predicted octanol–water partition coefficient (Wildman–Crippen LogP) is 1.31. The molecule has 0 aromatic heterocycles. The number of halogens is 1. The van der Waals surface area contributed by atoms with Gasteiger partial charge in [-0.25, -0.2) is 0 Å². The van der Waals surface area contributed by atoms with Crippen molar-refractivity contribution < 1.29 is 14.4 Å². The van der Waals surface area contributed by atoms with Gasteiger partial charge in [-0.1, -0.05) is 11.6 Å². The number of hydrogen-bond acceptors (Lipinski definition) is 4. The van der Waals surface area contributed by atoms with Crippen molar-refractivity contribution in [1.82, 2.24) is 10.6 Å². The second-order valence-electron chi connectivity index (χ2n) is 4.70. The Bertz CT molecular complexity index is 589. The van der Waals surface area contributed by atoms with Gasteiger partial charge in [0.15, 0.2) is 0 Å². The number of carbonyl (C=O) groups is 3. The van der Waals surface area contributed by atoms with E-state index in [0.29, 0.717) is 29.2 Å². The standard InChI is InChI=1S/C14H16ClN3O3/c1-2-16-10-4-3-8(15)7-9(10)13(20)17-11-5-6-12(19)18-14(11)21/h3-4,7,11,16H,2,5-6H2,1H3,(H,17,20)(H,18,19,21). The number of piperidine rings is 1. The van der Waals surface area contributed by atoms with Crippen LogP contribution in [-0.4, -0.2) is 30.3 Å². The van der Waals surface area contributed by atoms with E-state index in [1.165, 1.54) is 0 Å². The molecule has 1 aliphatic heterocycles. The number of nitrogens with one attached hydrogen (secondary N) is 3. The van der Waals surface area contributed by atoms with Gasteiger partial charge in [-0.3, -0.25) is 19.7 Å². The first-order valence-corrected chi connectivity index (χ1v) is 7.07. The lowest BCUT2D eigenvalue weighted by Crippen LogP contribution is -2.52. The summed E-state index contributed by atoms with van der Waals surface area (Å²) in [6, 6.07) is 4.23. The van der Waals surface area contributed by atoms with E-state index < -0.39 is 17.9 Å². The van der Waals surface area contributed by atoms with E-state index in [4.69, 9.17) is 11.6 Å². The van der Waals surface area contributed by atoms with Gasteiger partial charge >= 0.3 is 0 Å². The van der Waals surface area contributed by atoms with Crippen LogP contribution in [0.25, 0.3) is 0 Å². The van der Waals surface area contributed by atoms with Crippen LogP contribution in [0, 0.1) is 0 Å². The lowest BCUT2D eigenvalue weighted by Gasteiger charge is -2.22. The van der Waals surface area contributed by atoms with E-state index in [1.54, 1.807) is 18.2 Å². The maximum atomic E-state index is 12.3. The molecule has 1 atom stereocenters. The van der Waals surface area contributed by atoms with Gasteiger partial charge in [-0.15, -0.1) is 0 Å². The van der Waals surface area contributed by atoms with Gasteiger partial charge in [0.2, 0.25) is 11.8 Å². The second-order valence-corrected chi connectivity index (χ2v) is 5.13. The Hall–Kier alpha value is -2.08. The molecule has 1 fully saturated rings. The minimum atomic E-state index is -0.705. The van der Waals surface area contributed by atoms with Crippen molar-refractivity contribution in [2.75, 3.05) is 11.9 Å². The number of benzene rings is 1. The summed E-state index contributed by atoms with van der Waals surface area (Å²) in [5, 5.41) is 8.33. The zero-order valence-electron chi connectivity index (χ0n) is 11.5. The van der Waals surface area contributed by atoms with Crippen LogP contribution in [0.4, 0.5) is 5.69 Å². The summed E-state index contributed by atoms with van der Waals surface area (Å²) in [6.45, 7) is 2.57. The molecule has 112 valence electrons. The quantitative estimate of drug-likeness (QED) is 0.732. The van der Waals surface area contributed by atoms with Crippen LogP contribution in [-0.2, 0) is 9.59 Å². The second kappa shape index (κ2) is 6.58. The fourth-order valence-electron chi connectivity index (χ4n) is 2.12. The molecular formula is C14H16ClN3O3. The van der Waals surface area contributed by atoms with Crippen LogP contribution in [0.5, 0.6) is 0 Å². The number of anilines is 1. The molecule has 1 aromatic carbocycles. The van der Waals surface area contributed by atoms with Gasteiger partial charge in [-0.05, 0) is 31.5 Å². The average molecular weight is 310 g/mol. The molecular weight excluding hydrogens is 294 g/mol. The van der Waals surface area contributed by atoms with Crippen molar-refractivity contribution in [3.63, 3.8) is 0 Å². The maximum Gasteiger partial charge on any atom is 0.254 e. The molecule has 0 radical (unpaired) electrons. The lowest BCUT2D eigenvalue weighted by atomic mass is 10.0. The topological polar surface area (TPSA) is 87.3 Å². The molecule has 7 heteroatoms. The summed E-state index contributed by atoms with van der Waals surface area (Å²) in [6.07, 6.45) is 0.514. The summed E-state index contributed by atoms with van der Waals surface area (Å²) < 4.78 is 0. The van der Waals surface area contributed by atoms with E-state index in [0.717, 1.165) is 0 Å². The van der Waals surface area contributed by atoms with E-state index in [-0.39, 0.29) is 12.3 Å². The molecule has 2 rings (SSSR count). The van der Waals surface area contributed by atoms with E-state index >= 15 is 0 Å². The summed E-state index contributed by atoms with van der Waals surface area (Å²) in [7, 11) is 0. The van der Waals surface area contributed by atoms with E-state index in [9.17, 15) is 14.4 Å². The fourth-order valence-corrected chi connectivity index (χ4v) is 2.29. The Morgan fingerprint density at radius 2 is 2.19 bits per heavy atom. The normalized spacial score (nSPS) is 18.1. The monoisotopic (exact) mass is 309 g/mol. The highest BCUT2D eigenvalue weighted by Crippen LogP contribution is 2.21. The zero-order valence-corrected chi connectivity index (χ0v) is 12.3. The van der Waals surface area contributed by atoms with Crippen LogP contribution in [0.1, 0.15) is 30.1 Å². The number of rotatable bonds is 4. The Morgan fingerprint density at radius 1 is 1.43 bits per heavy atom. The Morgan fingerprint density at radius 3 is 2.86 bits per heavy atom. The first-order chi connectivity index (χ1) is 10.0. The van der Waals surface area contributed by atoms with Crippen LogP contribution >= 0.6 is 11.6 Å². The number of hydrogen-bond donors (Lipinski definition) is 3. The van der Waals surface area contributed by atoms with Crippen molar-refractivity contribution in [3.05, 3.63) is 28.8 Å². The molecule has 21 heavy (non-hydrogen) atoms. The molecule has 0 bridgehead atoms. The molecule has 1 unspecified atom stereocenters. The van der Waals surface area contributed by atoms with Crippen LogP contribution in [0.15, 0.2) is 18.2 Å². The molecule has 1 aromatic rings. The molecule has 0 spiro atoms.